The number of amides is 2. The van der Waals surface area contributed by atoms with E-state index < -0.39 is 17.4 Å². The third-order valence-corrected chi connectivity index (χ3v) is 7.34. The predicted molar refractivity (Wildman–Crippen MR) is 154 cm³/mol. The minimum atomic E-state index is -0.731. The van der Waals surface area contributed by atoms with Crippen molar-refractivity contribution >= 4 is 51.1 Å². The van der Waals surface area contributed by atoms with Gasteiger partial charge in [0.15, 0.2) is 0 Å². The van der Waals surface area contributed by atoms with Crippen molar-refractivity contribution in [3.05, 3.63) is 105 Å². The summed E-state index contributed by atoms with van der Waals surface area (Å²) in [6.45, 7) is 6.01. The summed E-state index contributed by atoms with van der Waals surface area (Å²) in [5, 5.41) is 3.38. The summed E-state index contributed by atoms with van der Waals surface area (Å²) in [6, 6.07) is 21.2. The fourth-order valence-corrected chi connectivity index (χ4v) is 5.53. The van der Waals surface area contributed by atoms with Crippen LogP contribution >= 0.6 is 39.3 Å². The number of nitrogens with zero attached hydrogens (tertiary/aromatic N) is 1. The first kappa shape index (κ1) is 29.2. The lowest BCUT2D eigenvalue weighted by Gasteiger charge is -2.34. The number of benzene rings is 3. The largest absolute Gasteiger partial charge is 0.350 e. The van der Waals surface area contributed by atoms with E-state index in [1.807, 2.05) is 75.4 Å². The maximum absolute atomic E-state index is 14.2. The minimum Gasteiger partial charge on any atom is -0.350 e. The highest BCUT2D eigenvalue weighted by Gasteiger charge is 2.32. The first-order valence-electron chi connectivity index (χ1n) is 11.9. The molecule has 0 aromatic heterocycles. The van der Waals surface area contributed by atoms with Crippen LogP contribution in [0.5, 0.6) is 0 Å². The number of carbonyl (C=O) groups is 2. The monoisotopic (exact) mass is 604 g/mol. The summed E-state index contributed by atoms with van der Waals surface area (Å²) in [5.74, 6) is -0.499. The Balaban J connectivity index is 1.89. The molecule has 0 saturated heterocycles. The molecule has 0 saturated carbocycles. The SMILES string of the molecule is CC(C)(C)NC(=O)C(Cc1ccccc1)N(Cc1cccc(Br)c1)C(=O)CSCc1c(F)cccc1Cl. The summed E-state index contributed by atoms with van der Waals surface area (Å²) in [5.41, 5.74) is 1.75. The van der Waals surface area contributed by atoms with E-state index >= 15 is 0 Å². The fourth-order valence-electron chi connectivity index (χ4n) is 3.83. The van der Waals surface area contributed by atoms with Gasteiger partial charge in [0.25, 0.3) is 0 Å². The van der Waals surface area contributed by atoms with Crippen LogP contribution in [0.3, 0.4) is 0 Å². The van der Waals surface area contributed by atoms with Gasteiger partial charge in [-0.15, -0.1) is 11.8 Å². The molecule has 0 aliphatic rings. The second-order valence-electron chi connectivity index (χ2n) is 9.79. The van der Waals surface area contributed by atoms with E-state index in [4.69, 9.17) is 11.6 Å². The molecule has 3 aromatic rings. The first-order chi connectivity index (χ1) is 17.5. The Kier molecular flexibility index (Phi) is 10.6. The number of rotatable bonds is 10. The molecule has 1 unspecified atom stereocenters. The summed E-state index contributed by atoms with van der Waals surface area (Å²) in [7, 11) is 0. The molecule has 0 radical (unpaired) electrons. The van der Waals surface area contributed by atoms with Crippen LogP contribution in [0.1, 0.15) is 37.5 Å². The second-order valence-corrected chi connectivity index (χ2v) is 12.1. The lowest BCUT2D eigenvalue weighted by molar-refractivity contribution is -0.140. The van der Waals surface area contributed by atoms with Crippen molar-refractivity contribution in [1.29, 1.82) is 0 Å². The van der Waals surface area contributed by atoms with Crippen LogP contribution in [-0.4, -0.2) is 34.0 Å². The van der Waals surface area contributed by atoms with Gasteiger partial charge in [-0.25, -0.2) is 4.39 Å². The molecule has 196 valence electrons. The molecule has 4 nitrogen and oxygen atoms in total. The van der Waals surface area contributed by atoms with Crippen LogP contribution in [0.25, 0.3) is 0 Å². The number of hydrogen-bond donors (Lipinski definition) is 1. The second kappa shape index (κ2) is 13.4. The Hall–Kier alpha value is -2.35. The third-order valence-electron chi connectivity index (χ3n) is 5.54. The van der Waals surface area contributed by atoms with Gasteiger partial charge in [-0.1, -0.05) is 76.1 Å². The average molecular weight is 606 g/mol. The zero-order valence-corrected chi connectivity index (χ0v) is 24.3. The van der Waals surface area contributed by atoms with Crippen LogP contribution in [0, 0.1) is 5.82 Å². The molecular formula is C29H31BrClFN2O2S. The van der Waals surface area contributed by atoms with Crippen LogP contribution in [0.2, 0.25) is 5.02 Å². The quantitative estimate of drug-likeness (QED) is 0.270. The normalized spacial score (nSPS) is 12.2. The molecule has 2 amide bonds. The van der Waals surface area contributed by atoms with E-state index in [1.54, 1.807) is 17.0 Å². The van der Waals surface area contributed by atoms with Gasteiger partial charge >= 0.3 is 0 Å². The highest BCUT2D eigenvalue weighted by Crippen LogP contribution is 2.25. The predicted octanol–water partition coefficient (Wildman–Crippen LogP) is 7.03. The van der Waals surface area contributed by atoms with Crippen molar-refractivity contribution in [3.63, 3.8) is 0 Å². The van der Waals surface area contributed by atoms with Gasteiger partial charge in [0.1, 0.15) is 11.9 Å². The van der Waals surface area contributed by atoms with Gasteiger partial charge in [0, 0.05) is 39.3 Å². The number of nitrogens with one attached hydrogen (secondary N) is 1. The van der Waals surface area contributed by atoms with Gasteiger partial charge in [-0.2, -0.15) is 0 Å². The van der Waals surface area contributed by atoms with Crippen molar-refractivity contribution in [2.75, 3.05) is 5.75 Å². The number of halogens is 3. The van der Waals surface area contributed by atoms with E-state index in [0.29, 0.717) is 17.0 Å². The molecule has 3 aromatic carbocycles. The zero-order chi connectivity index (χ0) is 27.0. The Morgan fingerprint density at radius 2 is 1.70 bits per heavy atom. The Morgan fingerprint density at radius 1 is 1.03 bits per heavy atom. The molecule has 1 atom stereocenters. The molecule has 1 N–H and O–H groups in total. The van der Waals surface area contributed by atoms with Crippen LogP contribution in [0.15, 0.2) is 77.3 Å². The summed E-state index contributed by atoms with van der Waals surface area (Å²) in [6.07, 6.45) is 0.367. The van der Waals surface area contributed by atoms with E-state index in [-0.39, 0.29) is 29.9 Å². The van der Waals surface area contributed by atoms with Crippen LogP contribution < -0.4 is 5.32 Å². The number of carbonyl (C=O) groups excluding carboxylic acids is 2. The third kappa shape index (κ3) is 9.16. The van der Waals surface area contributed by atoms with Gasteiger partial charge in [-0.3, -0.25) is 9.59 Å². The van der Waals surface area contributed by atoms with Crippen molar-refractivity contribution < 1.29 is 14.0 Å². The first-order valence-corrected chi connectivity index (χ1v) is 14.3. The lowest BCUT2D eigenvalue weighted by Crippen LogP contribution is -2.54. The van der Waals surface area contributed by atoms with Crippen molar-refractivity contribution in [1.82, 2.24) is 10.2 Å². The van der Waals surface area contributed by atoms with E-state index in [2.05, 4.69) is 21.2 Å². The Morgan fingerprint density at radius 3 is 2.35 bits per heavy atom. The molecule has 37 heavy (non-hydrogen) atoms. The summed E-state index contributed by atoms with van der Waals surface area (Å²) < 4.78 is 15.1. The van der Waals surface area contributed by atoms with Gasteiger partial charge in [0.05, 0.1) is 5.75 Å². The van der Waals surface area contributed by atoms with Crippen molar-refractivity contribution in [2.45, 2.75) is 51.1 Å². The van der Waals surface area contributed by atoms with Gasteiger partial charge in [-0.05, 0) is 56.2 Å². The van der Waals surface area contributed by atoms with Crippen LogP contribution in [0.4, 0.5) is 4.39 Å². The smallest absolute Gasteiger partial charge is 0.243 e. The van der Waals surface area contributed by atoms with E-state index in [1.165, 1.54) is 17.8 Å². The molecule has 0 aliphatic carbocycles. The highest BCUT2D eigenvalue weighted by molar-refractivity contribution is 9.10. The highest BCUT2D eigenvalue weighted by atomic mass is 79.9. The minimum absolute atomic E-state index is 0.0761. The van der Waals surface area contributed by atoms with E-state index in [9.17, 15) is 14.0 Å². The topological polar surface area (TPSA) is 49.4 Å². The maximum Gasteiger partial charge on any atom is 0.243 e. The molecule has 0 fully saturated rings. The molecule has 3 rings (SSSR count). The van der Waals surface area contributed by atoms with Gasteiger partial charge < -0.3 is 10.2 Å². The summed E-state index contributed by atoms with van der Waals surface area (Å²) >= 11 is 10.9. The van der Waals surface area contributed by atoms with Crippen LogP contribution in [-0.2, 0) is 28.3 Å². The maximum atomic E-state index is 14.2. The molecule has 0 aliphatic heterocycles. The Labute approximate surface area is 236 Å². The lowest BCUT2D eigenvalue weighted by atomic mass is 10.0. The van der Waals surface area contributed by atoms with Crippen molar-refractivity contribution in [3.8, 4) is 0 Å². The summed E-state index contributed by atoms with van der Waals surface area (Å²) in [4.78, 5) is 28.9. The Bertz CT molecular complexity index is 1200. The van der Waals surface area contributed by atoms with E-state index in [0.717, 1.165) is 15.6 Å². The standard InChI is InChI=1S/C29H31BrClFN2O2S/c1-29(2,3)33-28(36)26(16-20-9-5-4-6-10-20)34(17-21-11-7-12-22(30)15-21)27(35)19-37-18-23-24(31)13-8-14-25(23)32/h4-15,26H,16-19H2,1-3H3,(H,33,36). The number of hydrogen-bond acceptors (Lipinski definition) is 3. The fraction of sp³-hybridized carbons (Fsp3) is 0.310. The van der Waals surface area contributed by atoms with Gasteiger partial charge in [0.2, 0.25) is 11.8 Å². The molecule has 0 bridgehead atoms. The zero-order valence-electron chi connectivity index (χ0n) is 21.1. The number of thioether (sulfide) groups is 1. The average Bonchev–Trinajstić information content (AvgIpc) is 2.82. The molecule has 0 heterocycles. The van der Waals surface area contributed by atoms with Crippen molar-refractivity contribution in [2.24, 2.45) is 0 Å². The molecular weight excluding hydrogens is 575 g/mol. The molecule has 0 spiro atoms. The molecule has 8 heteroatoms.